The molecule has 1 aromatic heterocycles. The molecule has 30 heavy (non-hydrogen) atoms. The molecule has 3 N–H and O–H groups in total. The highest BCUT2D eigenvalue weighted by molar-refractivity contribution is 5.94. The van der Waals surface area contributed by atoms with Crippen molar-refractivity contribution in [1.29, 1.82) is 0 Å². The SMILES string of the molecule is CCNC(=NCC(=O)Nc1ccc(F)cc1)NCCCn1c(C)nc2ccccc21. The van der Waals surface area contributed by atoms with Crippen molar-refractivity contribution in [1.82, 2.24) is 20.2 Å². The van der Waals surface area contributed by atoms with Gasteiger partial charge in [0.15, 0.2) is 5.96 Å². The van der Waals surface area contributed by atoms with Crippen molar-refractivity contribution in [3.63, 3.8) is 0 Å². The van der Waals surface area contributed by atoms with Crippen molar-refractivity contribution in [3.05, 3.63) is 60.2 Å². The van der Waals surface area contributed by atoms with Gasteiger partial charge in [0.1, 0.15) is 18.2 Å². The van der Waals surface area contributed by atoms with E-state index < -0.39 is 0 Å². The van der Waals surface area contributed by atoms with Crippen molar-refractivity contribution in [3.8, 4) is 0 Å². The molecule has 0 saturated heterocycles. The molecule has 8 heteroatoms. The molecule has 2 aromatic carbocycles. The Morgan fingerprint density at radius 2 is 1.90 bits per heavy atom. The van der Waals surface area contributed by atoms with E-state index in [9.17, 15) is 9.18 Å². The number of nitrogens with one attached hydrogen (secondary N) is 3. The number of para-hydroxylation sites is 2. The van der Waals surface area contributed by atoms with Gasteiger partial charge in [-0.25, -0.2) is 14.4 Å². The zero-order valence-electron chi connectivity index (χ0n) is 17.3. The van der Waals surface area contributed by atoms with E-state index in [0.717, 1.165) is 29.8 Å². The highest BCUT2D eigenvalue weighted by atomic mass is 19.1. The van der Waals surface area contributed by atoms with Gasteiger partial charge in [0.25, 0.3) is 0 Å². The number of nitrogens with zero attached hydrogens (tertiary/aromatic N) is 3. The third-order valence-electron chi connectivity index (χ3n) is 4.55. The lowest BCUT2D eigenvalue weighted by Gasteiger charge is -2.12. The van der Waals surface area contributed by atoms with Crippen LogP contribution in [0.25, 0.3) is 11.0 Å². The van der Waals surface area contributed by atoms with Crippen LogP contribution >= 0.6 is 0 Å². The van der Waals surface area contributed by atoms with Crippen LogP contribution in [-0.4, -0.2) is 41.1 Å². The number of halogens is 1. The van der Waals surface area contributed by atoms with Crippen molar-refractivity contribution in [2.75, 3.05) is 25.0 Å². The first-order chi connectivity index (χ1) is 14.6. The molecule has 158 valence electrons. The number of guanidine groups is 1. The lowest BCUT2D eigenvalue weighted by molar-refractivity contribution is -0.114. The van der Waals surface area contributed by atoms with Crippen molar-refractivity contribution in [2.24, 2.45) is 4.99 Å². The molecule has 1 amide bonds. The summed E-state index contributed by atoms with van der Waals surface area (Å²) in [4.78, 5) is 21.0. The predicted octanol–water partition coefficient (Wildman–Crippen LogP) is 3.07. The molecule has 3 aromatic rings. The number of fused-ring (bicyclic) bond motifs is 1. The summed E-state index contributed by atoms with van der Waals surface area (Å²) in [5, 5.41) is 9.08. The third kappa shape index (κ3) is 5.79. The van der Waals surface area contributed by atoms with Gasteiger partial charge in [0, 0.05) is 25.3 Å². The molecule has 0 spiro atoms. The quantitative estimate of drug-likeness (QED) is 0.303. The molecule has 0 unspecified atom stereocenters. The first-order valence-corrected chi connectivity index (χ1v) is 10.1. The normalized spacial score (nSPS) is 11.5. The number of aliphatic imine (C=N–C) groups is 1. The summed E-state index contributed by atoms with van der Waals surface area (Å²) in [6, 6.07) is 13.7. The van der Waals surface area contributed by atoms with Crippen LogP contribution in [0.1, 0.15) is 19.2 Å². The molecule has 0 aliphatic rings. The predicted molar refractivity (Wildman–Crippen MR) is 118 cm³/mol. The van der Waals surface area contributed by atoms with Crippen LogP contribution in [0.3, 0.4) is 0 Å². The number of anilines is 1. The highest BCUT2D eigenvalue weighted by Crippen LogP contribution is 2.15. The van der Waals surface area contributed by atoms with E-state index in [1.54, 1.807) is 0 Å². The minimum atomic E-state index is -0.344. The van der Waals surface area contributed by atoms with Gasteiger partial charge in [-0.05, 0) is 56.7 Å². The van der Waals surface area contributed by atoms with Crippen molar-refractivity contribution in [2.45, 2.75) is 26.8 Å². The van der Waals surface area contributed by atoms with Gasteiger partial charge in [-0.3, -0.25) is 4.79 Å². The van der Waals surface area contributed by atoms with Crippen molar-refractivity contribution < 1.29 is 9.18 Å². The highest BCUT2D eigenvalue weighted by Gasteiger charge is 2.07. The Hall–Kier alpha value is -3.42. The third-order valence-corrected chi connectivity index (χ3v) is 4.55. The second-order valence-corrected chi connectivity index (χ2v) is 6.83. The maximum absolute atomic E-state index is 12.9. The van der Waals surface area contributed by atoms with Crippen LogP contribution in [0.2, 0.25) is 0 Å². The molecular formula is C22H27FN6O. The number of benzene rings is 2. The van der Waals surface area contributed by atoms with E-state index in [1.165, 1.54) is 24.3 Å². The van der Waals surface area contributed by atoms with E-state index in [-0.39, 0.29) is 18.3 Å². The number of hydrogen-bond donors (Lipinski definition) is 3. The summed E-state index contributed by atoms with van der Waals surface area (Å²) in [6.07, 6.45) is 0.882. The Morgan fingerprint density at radius 1 is 1.13 bits per heavy atom. The van der Waals surface area contributed by atoms with Crippen LogP contribution in [-0.2, 0) is 11.3 Å². The molecule has 0 bridgehead atoms. The summed E-state index contributed by atoms with van der Waals surface area (Å²) in [5.41, 5.74) is 2.68. The van der Waals surface area contributed by atoms with Gasteiger partial charge < -0.3 is 20.5 Å². The maximum Gasteiger partial charge on any atom is 0.246 e. The smallest absolute Gasteiger partial charge is 0.246 e. The number of aryl methyl sites for hydroxylation is 2. The first-order valence-electron chi connectivity index (χ1n) is 10.1. The molecule has 0 aliphatic carbocycles. The molecule has 3 rings (SSSR count). The number of amides is 1. The fourth-order valence-electron chi connectivity index (χ4n) is 3.15. The topological polar surface area (TPSA) is 83.3 Å². The monoisotopic (exact) mass is 410 g/mol. The minimum absolute atomic E-state index is 0.0298. The largest absolute Gasteiger partial charge is 0.357 e. The van der Waals surface area contributed by atoms with Crippen LogP contribution in [0.15, 0.2) is 53.5 Å². The molecule has 0 fully saturated rings. The summed E-state index contributed by atoms with van der Waals surface area (Å²) in [5.74, 6) is 0.969. The zero-order chi connectivity index (χ0) is 21.3. The van der Waals surface area contributed by atoms with E-state index in [1.807, 2.05) is 32.0 Å². The molecule has 0 aliphatic heterocycles. The summed E-state index contributed by atoms with van der Waals surface area (Å²) < 4.78 is 15.1. The molecule has 7 nitrogen and oxygen atoms in total. The number of aromatic nitrogens is 2. The standard InChI is InChI=1S/C22H27FN6O/c1-3-24-22(26-15-21(30)28-18-11-9-17(23)10-12-18)25-13-6-14-29-16(2)27-19-7-4-5-8-20(19)29/h4-5,7-12H,3,6,13-15H2,1-2H3,(H,28,30)(H2,24,25,26). The molecule has 1 heterocycles. The average molecular weight is 410 g/mol. The van der Waals surface area contributed by atoms with Crippen molar-refractivity contribution >= 4 is 28.6 Å². The van der Waals surface area contributed by atoms with E-state index in [0.29, 0.717) is 24.7 Å². The van der Waals surface area contributed by atoms with Crippen LogP contribution in [0.4, 0.5) is 10.1 Å². The first kappa shape index (κ1) is 21.3. The average Bonchev–Trinajstić information content (AvgIpc) is 3.06. The Labute approximate surface area is 175 Å². The number of imidazole rings is 1. The Bertz CT molecular complexity index is 1010. The van der Waals surface area contributed by atoms with Crippen LogP contribution in [0, 0.1) is 12.7 Å². The van der Waals surface area contributed by atoms with E-state index in [2.05, 4.69) is 36.6 Å². The fourth-order valence-corrected chi connectivity index (χ4v) is 3.15. The zero-order valence-corrected chi connectivity index (χ0v) is 17.3. The number of carbonyl (C=O) groups is 1. The van der Waals surface area contributed by atoms with Crippen LogP contribution < -0.4 is 16.0 Å². The second kappa shape index (κ2) is 10.4. The van der Waals surface area contributed by atoms with Gasteiger partial charge in [0.2, 0.25) is 5.91 Å². The Kier molecular flexibility index (Phi) is 7.37. The molecule has 0 saturated carbocycles. The van der Waals surface area contributed by atoms with Gasteiger partial charge in [-0.1, -0.05) is 12.1 Å². The number of rotatable bonds is 8. The minimum Gasteiger partial charge on any atom is -0.357 e. The summed E-state index contributed by atoms with van der Waals surface area (Å²) in [6.45, 7) is 6.19. The molecule has 0 radical (unpaired) electrons. The van der Waals surface area contributed by atoms with Crippen LogP contribution in [0.5, 0.6) is 0 Å². The lowest BCUT2D eigenvalue weighted by Crippen LogP contribution is -2.38. The van der Waals surface area contributed by atoms with Gasteiger partial charge in [-0.2, -0.15) is 0 Å². The summed E-state index contributed by atoms with van der Waals surface area (Å²) in [7, 11) is 0. The summed E-state index contributed by atoms with van der Waals surface area (Å²) >= 11 is 0. The van der Waals surface area contributed by atoms with Gasteiger partial charge >= 0.3 is 0 Å². The van der Waals surface area contributed by atoms with E-state index >= 15 is 0 Å². The fraction of sp³-hybridized carbons (Fsp3) is 0.318. The second-order valence-electron chi connectivity index (χ2n) is 6.83. The number of carbonyl (C=O) groups excluding carboxylic acids is 1. The maximum atomic E-state index is 12.9. The lowest BCUT2D eigenvalue weighted by atomic mass is 10.3. The Balaban J connectivity index is 1.49. The molecule has 0 atom stereocenters. The molecular weight excluding hydrogens is 383 g/mol. The van der Waals surface area contributed by atoms with Gasteiger partial charge in [-0.15, -0.1) is 0 Å². The number of hydrogen-bond acceptors (Lipinski definition) is 3. The van der Waals surface area contributed by atoms with E-state index in [4.69, 9.17) is 0 Å². The Morgan fingerprint density at radius 3 is 2.67 bits per heavy atom. The van der Waals surface area contributed by atoms with Gasteiger partial charge in [0.05, 0.1) is 11.0 Å².